The van der Waals surface area contributed by atoms with Gasteiger partial charge in [0.2, 0.25) is 0 Å². The number of carbonyl (C=O) groups is 3. The van der Waals surface area contributed by atoms with Crippen molar-refractivity contribution in [2.75, 3.05) is 18.5 Å². The molecule has 0 aliphatic carbocycles. The highest BCUT2D eigenvalue weighted by Crippen LogP contribution is 2.57. The minimum absolute atomic E-state index is 0.0631. The van der Waals surface area contributed by atoms with Crippen LogP contribution in [-0.2, 0) is 14.3 Å². The predicted octanol–water partition coefficient (Wildman–Crippen LogP) is 3.57. The molecule has 9 heteroatoms. The molecule has 32 heavy (non-hydrogen) atoms. The molecule has 0 aromatic heterocycles. The van der Waals surface area contributed by atoms with E-state index in [-0.39, 0.29) is 24.5 Å². The molecule has 2 aromatic carbocycles. The minimum atomic E-state index is -1.60. The number of nitrogens with zero attached hydrogens (tertiary/aromatic N) is 1. The van der Waals surface area contributed by atoms with E-state index < -0.39 is 47.0 Å². The lowest BCUT2D eigenvalue weighted by atomic mass is 9.77. The van der Waals surface area contributed by atoms with Crippen molar-refractivity contribution in [3.05, 3.63) is 58.4 Å². The third-order valence-electron chi connectivity index (χ3n) is 6.62. The maximum atomic E-state index is 13.9. The number of fused-ring (bicyclic) bond motifs is 6. The maximum Gasteiger partial charge on any atom is 0.312 e. The number of benzene rings is 2. The number of nitrogens with one attached hydrogen (secondary N) is 1. The van der Waals surface area contributed by atoms with Crippen LogP contribution in [0, 0.1) is 17.7 Å². The van der Waals surface area contributed by atoms with Crippen LogP contribution in [0.4, 0.5) is 10.1 Å². The van der Waals surface area contributed by atoms with Crippen molar-refractivity contribution in [3.8, 4) is 5.75 Å². The van der Waals surface area contributed by atoms with E-state index in [0.29, 0.717) is 16.3 Å². The van der Waals surface area contributed by atoms with E-state index in [2.05, 4.69) is 5.32 Å². The van der Waals surface area contributed by atoms with Crippen molar-refractivity contribution < 1.29 is 28.2 Å². The zero-order chi connectivity index (χ0) is 22.8. The van der Waals surface area contributed by atoms with Crippen molar-refractivity contribution in [2.24, 2.45) is 11.8 Å². The van der Waals surface area contributed by atoms with E-state index in [1.165, 1.54) is 11.0 Å². The SMILES string of the molecule is CCOC(=O)C1C2COc3ccc(Cl)cc3C2N2C(=O)c3ccc(F)cc3NC(=O)[C@@]12C. The van der Waals surface area contributed by atoms with E-state index >= 15 is 0 Å². The Hall–Kier alpha value is -3.13. The molecule has 3 unspecified atom stereocenters. The Morgan fingerprint density at radius 1 is 1.31 bits per heavy atom. The second-order valence-corrected chi connectivity index (χ2v) is 8.73. The number of hydrogen-bond donors (Lipinski definition) is 1. The lowest BCUT2D eigenvalue weighted by Gasteiger charge is -2.38. The molecule has 3 heterocycles. The summed E-state index contributed by atoms with van der Waals surface area (Å²) in [6.07, 6.45) is 0. The molecule has 3 aliphatic heterocycles. The van der Waals surface area contributed by atoms with Crippen molar-refractivity contribution in [3.63, 3.8) is 0 Å². The van der Waals surface area contributed by atoms with Gasteiger partial charge in [-0.05, 0) is 50.2 Å². The van der Waals surface area contributed by atoms with Gasteiger partial charge in [-0.15, -0.1) is 0 Å². The average Bonchev–Trinajstić information content (AvgIpc) is 2.99. The van der Waals surface area contributed by atoms with Crippen molar-refractivity contribution in [2.45, 2.75) is 25.4 Å². The second kappa shape index (κ2) is 7.20. The van der Waals surface area contributed by atoms with Crippen LogP contribution in [0.2, 0.25) is 5.02 Å². The molecule has 1 N–H and O–H groups in total. The van der Waals surface area contributed by atoms with Gasteiger partial charge in [0.15, 0.2) is 0 Å². The molecule has 0 radical (unpaired) electrons. The third-order valence-corrected chi connectivity index (χ3v) is 6.85. The normalized spacial score (nSPS) is 27.9. The summed E-state index contributed by atoms with van der Waals surface area (Å²) in [5.74, 6) is -3.28. The monoisotopic (exact) mass is 458 g/mol. The number of halogens is 2. The van der Waals surface area contributed by atoms with Crippen LogP contribution in [0.25, 0.3) is 0 Å². The summed E-state index contributed by atoms with van der Waals surface area (Å²) in [6.45, 7) is 3.46. The quantitative estimate of drug-likeness (QED) is 0.695. The van der Waals surface area contributed by atoms with Gasteiger partial charge in [0.05, 0.1) is 36.4 Å². The van der Waals surface area contributed by atoms with Crippen molar-refractivity contribution in [1.29, 1.82) is 0 Å². The Labute approximate surface area is 188 Å². The molecule has 1 fully saturated rings. The average molecular weight is 459 g/mol. The van der Waals surface area contributed by atoms with E-state index in [0.717, 1.165) is 12.1 Å². The zero-order valence-electron chi connectivity index (χ0n) is 17.4. The molecule has 2 amide bonds. The molecule has 1 saturated heterocycles. The van der Waals surface area contributed by atoms with Crippen LogP contribution in [-0.4, -0.2) is 41.4 Å². The molecule has 3 aliphatic rings. The standard InChI is InChI=1S/C23H20ClFN2O5/c1-3-31-21(29)18-15-10-32-17-7-4-11(24)8-14(17)19(15)27-20(28)13-6-5-12(25)9-16(13)26-22(30)23(18,27)2/h4-9,15,18-19H,3,10H2,1-2H3,(H,26,30)/t15?,18?,19?,23-/m1/s1. The molecule has 4 atom stereocenters. The van der Waals surface area contributed by atoms with Gasteiger partial charge < -0.3 is 19.7 Å². The van der Waals surface area contributed by atoms with Gasteiger partial charge in [-0.3, -0.25) is 14.4 Å². The van der Waals surface area contributed by atoms with Crippen molar-refractivity contribution >= 4 is 35.1 Å². The van der Waals surface area contributed by atoms with Crippen LogP contribution >= 0.6 is 11.6 Å². The molecule has 0 saturated carbocycles. The van der Waals surface area contributed by atoms with Crippen LogP contribution in [0.5, 0.6) is 5.75 Å². The smallest absolute Gasteiger partial charge is 0.312 e. The predicted molar refractivity (Wildman–Crippen MR) is 113 cm³/mol. The summed E-state index contributed by atoms with van der Waals surface area (Å²) in [5, 5.41) is 3.10. The number of anilines is 1. The first-order valence-electron chi connectivity index (χ1n) is 10.3. The summed E-state index contributed by atoms with van der Waals surface area (Å²) in [4.78, 5) is 42.0. The number of carbonyl (C=O) groups excluding carboxylic acids is 3. The lowest BCUT2D eigenvalue weighted by molar-refractivity contribution is -0.155. The van der Waals surface area contributed by atoms with E-state index in [1.54, 1.807) is 32.0 Å². The summed E-state index contributed by atoms with van der Waals surface area (Å²) >= 11 is 6.25. The van der Waals surface area contributed by atoms with Gasteiger partial charge in [-0.2, -0.15) is 0 Å². The van der Waals surface area contributed by atoms with E-state index in [9.17, 15) is 18.8 Å². The summed E-state index contributed by atoms with van der Waals surface area (Å²) in [6, 6.07) is 8.00. The number of ether oxygens (including phenoxy) is 2. The molecule has 2 aromatic rings. The Kier molecular flexibility index (Phi) is 4.67. The van der Waals surface area contributed by atoms with Gasteiger partial charge in [0.25, 0.3) is 11.8 Å². The van der Waals surface area contributed by atoms with Crippen LogP contribution in [0.1, 0.15) is 35.8 Å². The molecule has 0 bridgehead atoms. The highest BCUT2D eigenvalue weighted by atomic mass is 35.5. The Balaban J connectivity index is 1.76. The number of esters is 1. The number of amides is 2. The highest BCUT2D eigenvalue weighted by molar-refractivity contribution is 6.30. The Bertz CT molecular complexity index is 1170. The highest BCUT2D eigenvalue weighted by Gasteiger charge is 2.67. The van der Waals surface area contributed by atoms with Crippen molar-refractivity contribution in [1.82, 2.24) is 4.90 Å². The topological polar surface area (TPSA) is 84.9 Å². The van der Waals surface area contributed by atoms with Gasteiger partial charge >= 0.3 is 5.97 Å². The fourth-order valence-electron chi connectivity index (χ4n) is 5.26. The Morgan fingerprint density at radius 2 is 2.09 bits per heavy atom. The minimum Gasteiger partial charge on any atom is -0.493 e. The molecule has 7 nitrogen and oxygen atoms in total. The molecular formula is C23H20ClFN2O5. The molecule has 0 spiro atoms. The maximum absolute atomic E-state index is 13.9. The molecule has 5 rings (SSSR count). The fraction of sp³-hybridized carbons (Fsp3) is 0.348. The third kappa shape index (κ3) is 2.75. The molecule has 166 valence electrons. The zero-order valence-corrected chi connectivity index (χ0v) is 18.1. The van der Waals surface area contributed by atoms with Crippen LogP contribution in [0.3, 0.4) is 0 Å². The number of rotatable bonds is 2. The lowest BCUT2D eigenvalue weighted by Crippen LogP contribution is -2.57. The van der Waals surface area contributed by atoms with E-state index in [1.807, 2.05) is 0 Å². The first kappa shape index (κ1) is 20.8. The first-order chi connectivity index (χ1) is 15.3. The van der Waals surface area contributed by atoms with Gasteiger partial charge in [0.1, 0.15) is 17.1 Å². The van der Waals surface area contributed by atoms with Gasteiger partial charge in [-0.1, -0.05) is 11.6 Å². The van der Waals surface area contributed by atoms with Crippen LogP contribution in [0.15, 0.2) is 36.4 Å². The van der Waals surface area contributed by atoms with Crippen LogP contribution < -0.4 is 10.1 Å². The fourth-order valence-corrected chi connectivity index (χ4v) is 5.44. The van der Waals surface area contributed by atoms with Gasteiger partial charge in [0, 0.05) is 16.5 Å². The summed E-state index contributed by atoms with van der Waals surface area (Å²) in [7, 11) is 0. The Morgan fingerprint density at radius 3 is 2.84 bits per heavy atom. The van der Waals surface area contributed by atoms with E-state index in [4.69, 9.17) is 21.1 Å². The number of hydrogen-bond acceptors (Lipinski definition) is 5. The second-order valence-electron chi connectivity index (χ2n) is 8.30. The first-order valence-corrected chi connectivity index (χ1v) is 10.7. The largest absolute Gasteiger partial charge is 0.493 e. The molecular weight excluding hydrogens is 439 g/mol. The van der Waals surface area contributed by atoms with Gasteiger partial charge in [-0.25, -0.2) is 4.39 Å². The summed E-state index contributed by atoms with van der Waals surface area (Å²) in [5.41, 5.74) is -0.782. The summed E-state index contributed by atoms with van der Waals surface area (Å²) < 4.78 is 25.1.